The van der Waals surface area contributed by atoms with E-state index in [9.17, 15) is 9.18 Å². The van der Waals surface area contributed by atoms with E-state index in [1.807, 2.05) is 31.1 Å². The van der Waals surface area contributed by atoms with E-state index in [2.05, 4.69) is 29.2 Å². The largest absolute Gasteiger partial charge is 0.481 e. The summed E-state index contributed by atoms with van der Waals surface area (Å²) >= 11 is 0. The zero-order valence-electron chi connectivity index (χ0n) is 18.6. The lowest BCUT2D eigenvalue weighted by Crippen LogP contribution is -2.33. The van der Waals surface area contributed by atoms with Gasteiger partial charge < -0.3 is 19.4 Å². The van der Waals surface area contributed by atoms with Crippen LogP contribution in [0.4, 0.5) is 21.5 Å². The molecule has 0 saturated carbocycles. The summed E-state index contributed by atoms with van der Waals surface area (Å²) in [4.78, 5) is 23.5. The van der Waals surface area contributed by atoms with Crippen LogP contribution in [0.2, 0.25) is 0 Å². The van der Waals surface area contributed by atoms with Crippen molar-refractivity contribution in [2.24, 2.45) is 0 Å². The molecule has 166 valence electrons. The lowest BCUT2D eigenvalue weighted by atomic mass is 10.1. The van der Waals surface area contributed by atoms with Crippen molar-refractivity contribution in [1.82, 2.24) is 4.98 Å². The molecule has 0 aliphatic carbocycles. The van der Waals surface area contributed by atoms with Gasteiger partial charge in [0.1, 0.15) is 5.82 Å². The first-order valence-corrected chi connectivity index (χ1v) is 10.6. The third-order valence-corrected chi connectivity index (χ3v) is 5.68. The summed E-state index contributed by atoms with van der Waals surface area (Å²) in [6, 6.07) is 18.1. The standard InChI is InChI=1S/C25H27FN4O2/c1-28(2)20-8-4-18(5-9-20)25-22(12-13-23(27-25)32-3)29-15-14-24(31)30(17-16-29)21-10-6-19(26)7-11-21/h4-13H,14-17H2,1-3H3. The molecule has 0 atom stereocenters. The van der Waals surface area contributed by atoms with Crippen molar-refractivity contribution in [1.29, 1.82) is 0 Å². The summed E-state index contributed by atoms with van der Waals surface area (Å²) in [5.74, 6) is 0.253. The Hall–Kier alpha value is -3.61. The highest BCUT2D eigenvalue weighted by Crippen LogP contribution is 2.33. The van der Waals surface area contributed by atoms with Crippen molar-refractivity contribution in [3.8, 4) is 17.1 Å². The quantitative estimate of drug-likeness (QED) is 0.602. The predicted octanol–water partition coefficient (Wildman–Crippen LogP) is 4.21. The normalized spacial score (nSPS) is 14.3. The Labute approximate surface area is 187 Å². The van der Waals surface area contributed by atoms with Gasteiger partial charge in [-0.2, -0.15) is 0 Å². The molecule has 0 N–H and O–H groups in total. The van der Waals surface area contributed by atoms with E-state index in [1.165, 1.54) is 12.1 Å². The summed E-state index contributed by atoms with van der Waals surface area (Å²) in [5, 5.41) is 0. The number of ether oxygens (including phenoxy) is 1. The van der Waals surface area contributed by atoms with E-state index < -0.39 is 0 Å². The fraction of sp³-hybridized carbons (Fsp3) is 0.280. The molecule has 1 saturated heterocycles. The van der Waals surface area contributed by atoms with E-state index in [1.54, 1.807) is 24.1 Å². The molecule has 0 spiro atoms. The van der Waals surface area contributed by atoms with Gasteiger partial charge in [-0.1, -0.05) is 12.1 Å². The van der Waals surface area contributed by atoms with Gasteiger partial charge in [-0.15, -0.1) is 0 Å². The minimum atomic E-state index is -0.313. The molecule has 6 nitrogen and oxygen atoms in total. The smallest absolute Gasteiger partial charge is 0.228 e. The van der Waals surface area contributed by atoms with Crippen molar-refractivity contribution in [3.63, 3.8) is 0 Å². The Balaban J connectivity index is 1.64. The van der Waals surface area contributed by atoms with Gasteiger partial charge in [0.05, 0.1) is 18.5 Å². The van der Waals surface area contributed by atoms with Crippen LogP contribution in [0.15, 0.2) is 60.7 Å². The van der Waals surface area contributed by atoms with Crippen LogP contribution in [0.25, 0.3) is 11.3 Å². The Morgan fingerprint density at radius 2 is 1.66 bits per heavy atom. The highest BCUT2D eigenvalue weighted by atomic mass is 19.1. The number of nitrogens with zero attached hydrogens (tertiary/aromatic N) is 4. The molecule has 0 radical (unpaired) electrons. The van der Waals surface area contributed by atoms with Gasteiger partial charge in [-0.3, -0.25) is 4.79 Å². The summed E-state index contributed by atoms with van der Waals surface area (Å²) < 4.78 is 18.7. The van der Waals surface area contributed by atoms with E-state index in [4.69, 9.17) is 9.72 Å². The second-order valence-electron chi connectivity index (χ2n) is 7.92. The number of amides is 1. The van der Waals surface area contributed by atoms with Gasteiger partial charge in [0, 0.05) is 63.2 Å². The summed E-state index contributed by atoms with van der Waals surface area (Å²) in [5.41, 5.74) is 4.57. The van der Waals surface area contributed by atoms with Gasteiger partial charge >= 0.3 is 0 Å². The van der Waals surface area contributed by atoms with Crippen LogP contribution >= 0.6 is 0 Å². The van der Waals surface area contributed by atoms with Crippen LogP contribution in [0.1, 0.15) is 6.42 Å². The van der Waals surface area contributed by atoms with Crippen molar-refractivity contribution >= 4 is 23.0 Å². The minimum absolute atomic E-state index is 0.0254. The van der Waals surface area contributed by atoms with Gasteiger partial charge in [0.25, 0.3) is 0 Å². The Kier molecular flexibility index (Phi) is 6.25. The summed E-state index contributed by atoms with van der Waals surface area (Å²) in [6.45, 7) is 1.72. The molecule has 4 rings (SSSR count). The van der Waals surface area contributed by atoms with Crippen LogP contribution in [0.5, 0.6) is 5.88 Å². The van der Waals surface area contributed by atoms with E-state index in [0.29, 0.717) is 37.6 Å². The molecule has 1 fully saturated rings. The SMILES string of the molecule is COc1ccc(N2CCC(=O)N(c3ccc(F)cc3)CC2)c(-c2ccc(N(C)C)cc2)n1. The van der Waals surface area contributed by atoms with Crippen LogP contribution in [-0.4, -0.2) is 51.7 Å². The summed E-state index contributed by atoms with van der Waals surface area (Å²) in [6.07, 6.45) is 0.364. The van der Waals surface area contributed by atoms with E-state index in [0.717, 1.165) is 22.6 Å². The first-order chi connectivity index (χ1) is 15.5. The molecule has 0 bridgehead atoms. The zero-order valence-corrected chi connectivity index (χ0v) is 18.6. The number of carbonyl (C=O) groups excluding carboxylic acids is 1. The zero-order chi connectivity index (χ0) is 22.7. The molecule has 1 aromatic heterocycles. The maximum atomic E-state index is 13.3. The Morgan fingerprint density at radius 3 is 2.31 bits per heavy atom. The van der Waals surface area contributed by atoms with Crippen LogP contribution in [0.3, 0.4) is 0 Å². The molecule has 1 amide bonds. The molecule has 0 unspecified atom stereocenters. The minimum Gasteiger partial charge on any atom is -0.481 e. The number of benzene rings is 2. The van der Waals surface area contributed by atoms with Crippen molar-refractivity contribution < 1.29 is 13.9 Å². The number of rotatable bonds is 5. The fourth-order valence-corrected chi connectivity index (χ4v) is 3.89. The lowest BCUT2D eigenvalue weighted by molar-refractivity contribution is -0.118. The van der Waals surface area contributed by atoms with Crippen LogP contribution in [-0.2, 0) is 4.79 Å². The fourth-order valence-electron chi connectivity index (χ4n) is 3.89. The number of pyridine rings is 1. The highest BCUT2D eigenvalue weighted by molar-refractivity contribution is 5.94. The molecule has 2 aromatic carbocycles. The lowest BCUT2D eigenvalue weighted by Gasteiger charge is -2.26. The maximum absolute atomic E-state index is 13.3. The number of anilines is 3. The van der Waals surface area contributed by atoms with Crippen LogP contribution < -0.4 is 19.4 Å². The second kappa shape index (κ2) is 9.26. The number of hydrogen-bond acceptors (Lipinski definition) is 5. The molecule has 2 heterocycles. The topological polar surface area (TPSA) is 48.9 Å². The summed E-state index contributed by atoms with van der Waals surface area (Å²) in [7, 11) is 5.61. The van der Waals surface area contributed by atoms with E-state index in [-0.39, 0.29) is 11.7 Å². The predicted molar refractivity (Wildman–Crippen MR) is 126 cm³/mol. The Bertz CT molecular complexity index is 1080. The first kappa shape index (κ1) is 21.6. The van der Waals surface area contributed by atoms with Crippen molar-refractivity contribution in [2.45, 2.75) is 6.42 Å². The molecular weight excluding hydrogens is 407 g/mol. The molecule has 1 aliphatic heterocycles. The number of halogens is 1. The average molecular weight is 435 g/mol. The van der Waals surface area contributed by atoms with Gasteiger partial charge in [-0.05, 0) is 42.5 Å². The van der Waals surface area contributed by atoms with Gasteiger partial charge in [-0.25, -0.2) is 9.37 Å². The highest BCUT2D eigenvalue weighted by Gasteiger charge is 2.24. The maximum Gasteiger partial charge on any atom is 0.228 e. The van der Waals surface area contributed by atoms with Crippen LogP contribution in [0, 0.1) is 5.82 Å². The van der Waals surface area contributed by atoms with Crippen molar-refractivity contribution in [2.75, 3.05) is 55.5 Å². The average Bonchev–Trinajstić information content (AvgIpc) is 3.01. The molecule has 32 heavy (non-hydrogen) atoms. The monoisotopic (exact) mass is 434 g/mol. The molecule has 1 aliphatic rings. The number of carbonyl (C=O) groups is 1. The number of hydrogen-bond donors (Lipinski definition) is 0. The molecule has 3 aromatic rings. The Morgan fingerprint density at radius 1 is 0.938 bits per heavy atom. The molecular formula is C25H27FN4O2. The second-order valence-corrected chi connectivity index (χ2v) is 7.92. The van der Waals surface area contributed by atoms with Gasteiger partial charge in [0.15, 0.2) is 0 Å². The van der Waals surface area contributed by atoms with Gasteiger partial charge in [0.2, 0.25) is 11.8 Å². The molecule has 7 heteroatoms. The van der Waals surface area contributed by atoms with E-state index >= 15 is 0 Å². The third kappa shape index (κ3) is 4.51. The third-order valence-electron chi connectivity index (χ3n) is 5.68. The first-order valence-electron chi connectivity index (χ1n) is 10.6. The number of aromatic nitrogens is 1. The number of methoxy groups -OCH3 is 1. The van der Waals surface area contributed by atoms with Crippen molar-refractivity contribution in [3.05, 3.63) is 66.5 Å².